The van der Waals surface area contributed by atoms with Gasteiger partial charge in [-0.05, 0) is 12.8 Å². The second-order valence-corrected chi connectivity index (χ2v) is 5.25. The molecule has 0 aliphatic rings. The fraction of sp³-hybridized carbons (Fsp3) is 0.833. The number of ether oxygens (including phenoxy) is 1. The third-order valence-corrected chi connectivity index (χ3v) is 3.99. The van der Waals surface area contributed by atoms with E-state index in [4.69, 9.17) is 4.74 Å². The number of hydrogen-bond donors (Lipinski definition) is 1. The molecule has 0 aliphatic carbocycles. The Morgan fingerprint density at radius 2 is 2.06 bits per heavy atom. The van der Waals surface area contributed by atoms with Crippen LogP contribution in [0.15, 0.2) is 0 Å². The Morgan fingerprint density at radius 1 is 1.33 bits per heavy atom. The molecule has 0 fully saturated rings. The van der Waals surface area contributed by atoms with Crippen LogP contribution in [0.25, 0.3) is 0 Å². The van der Waals surface area contributed by atoms with E-state index in [1.54, 1.807) is 18.4 Å². The van der Waals surface area contributed by atoms with Crippen molar-refractivity contribution in [1.29, 1.82) is 0 Å². The predicted molar refractivity (Wildman–Crippen MR) is 76.1 cm³/mol. The zero-order chi connectivity index (χ0) is 13.4. The van der Waals surface area contributed by atoms with E-state index < -0.39 is 0 Å². The van der Waals surface area contributed by atoms with E-state index >= 15 is 0 Å². The van der Waals surface area contributed by atoms with Crippen LogP contribution in [-0.2, 0) is 11.3 Å². The summed E-state index contributed by atoms with van der Waals surface area (Å²) in [6, 6.07) is 0.585. The first kappa shape index (κ1) is 15.3. The maximum atomic E-state index is 5.19. The normalized spacial score (nSPS) is 11.4. The Bertz CT molecular complexity index is 328. The molecule has 1 aromatic rings. The molecule has 0 spiro atoms. The molecule has 1 rings (SSSR count). The minimum absolute atomic E-state index is 0.585. The van der Waals surface area contributed by atoms with Crippen molar-refractivity contribution in [3.05, 3.63) is 5.01 Å². The van der Waals surface area contributed by atoms with Gasteiger partial charge >= 0.3 is 0 Å². The van der Waals surface area contributed by atoms with Gasteiger partial charge < -0.3 is 10.1 Å². The van der Waals surface area contributed by atoms with Gasteiger partial charge in [-0.1, -0.05) is 25.2 Å². The standard InChI is InChI=1S/C12H24N4OS/c1-5-10(6-2)16(7-8-17-4)9-11-14-15-12(13-3)18-11/h10H,5-9H2,1-4H3,(H,13,15). The maximum absolute atomic E-state index is 5.19. The average molecular weight is 272 g/mol. The quantitative estimate of drug-likeness (QED) is 0.747. The van der Waals surface area contributed by atoms with Crippen LogP contribution < -0.4 is 5.32 Å². The van der Waals surface area contributed by atoms with Crippen LogP contribution in [0.2, 0.25) is 0 Å². The molecule has 0 atom stereocenters. The Morgan fingerprint density at radius 3 is 2.56 bits per heavy atom. The Balaban J connectivity index is 2.64. The molecule has 0 unspecified atom stereocenters. The second-order valence-electron chi connectivity index (χ2n) is 4.18. The Kier molecular flexibility index (Phi) is 7.15. The Hall–Kier alpha value is -0.720. The smallest absolute Gasteiger partial charge is 0.205 e. The molecule has 0 bridgehead atoms. The number of anilines is 1. The monoisotopic (exact) mass is 272 g/mol. The molecule has 0 saturated carbocycles. The Labute approximate surface area is 114 Å². The van der Waals surface area contributed by atoms with Crippen LogP contribution in [0.3, 0.4) is 0 Å². The molecule has 1 aromatic heterocycles. The van der Waals surface area contributed by atoms with E-state index in [0.717, 1.165) is 42.7 Å². The van der Waals surface area contributed by atoms with Crippen molar-refractivity contribution in [2.24, 2.45) is 0 Å². The molecule has 0 amide bonds. The van der Waals surface area contributed by atoms with Crippen LogP contribution >= 0.6 is 11.3 Å². The van der Waals surface area contributed by atoms with Gasteiger partial charge in [-0.15, -0.1) is 10.2 Å². The van der Waals surface area contributed by atoms with E-state index in [1.165, 1.54) is 0 Å². The molecule has 5 nitrogen and oxygen atoms in total. The SMILES string of the molecule is CCC(CC)N(CCOC)Cc1nnc(NC)s1. The van der Waals surface area contributed by atoms with Crippen molar-refractivity contribution in [2.75, 3.05) is 32.6 Å². The lowest BCUT2D eigenvalue weighted by Gasteiger charge is -2.29. The van der Waals surface area contributed by atoms with Crippen molar-refractivity contribution in [3.8, 4) is 0 Å². The summed E-state index contributed by atoms with van der Waals surface area (Å²) in [5.74, 6) is 0. The van der Waals surface area contributed by atoms with Crippen molar-refractivity contribution < 1.29 is 4.74 Å². The molecular formula is C12H24N4OS. The highest BCUT2D eigenvalue weighted by atomic mass is 32.1. The summed E-state index contributed by atoms with van der Waals surface area (Å²) < 4.78 is 5.19. The largest absolute Gasteiger partial charge is 0.383 e. The number of nitrogens with one attached hydrogen (secondary N) is 1. The van der Waals surface area contributed by atoms with E-state index in [9.17, 15) is 0 Å². The number of methoxy groups -OCH3 is 1. The van der Waals surface area contributed by atoms with Crippen LogP contribution in [0.1, 0.15) is 31.7 Å². The first-order chi connectivity index (χ1) is 8.74. The molecule has 104 valence electrons. The van der Waals surface area contributed by atoms with Crippen LogP contribution in [0, 0.1) is 0 Å². The molecule has 1 N–H and O–H groups in total. The molecule has 0 saturated heterocycles. The van der Waals surface area contributed by atoms with Crippen molar-refractivity contribution in [3.63, 3.8) is 0 Å². The molecule has 0 radical (unpaired) electrons. The number of nitrogens with zero attached hydrogens (tertiary/aromatic N) is 3. The van der Waals surface area contributed by atoms with Crippen molar-refractivity contribution in [1.82, 2.24) is 15.1 Å². The summed E-state index contributed by atoms with van der Waals surface area (Å²) in [6.07, 6.45) is 2.30. The van der Waals surface area contributed by atoms with Crippen molar-refractivity contribution in [2.45, 2.75) is 39.3 Å². The van der Waals surface area contributed by atoms with Crippen LogP contribution in [0.4, 0.5) is 5.13 Å². The zero-order valence-electron chi connectivity index (χ0n) is 11.8. The molecule has 18 heavy (non-hydrogen) atoms. The van der Waals surface area contributed by atoms with Gasteiger partial charge in [-0.2, -0.15) is 0 Å². The lowest BCUT2D eigenvalue weighted by Crippen LogP contribution is -2.36. The average Bonchev–Trinajstić information content (AvgIpc) is 2.84. The van der Waals surface area contributed by atoms with Crippen LogP contribution in [0.5, 0.6) is 0 Å². The first-order valence-corrected chi connectivity index (χ1v) is 7.29. The number of hydrogen-bond acceptors (Lipinski definition) is 6. The summed E-state index contributed by atoms with van der Waals surface area (Å²) in [5.41, 5.74) is 0. The lowest BCUT2D eigenvalue weighted by atomic mass is 10.1. The van der Waals surface area contributed by atoms with Gasteiger partial charge in [-0.25, -0.2) is 0 Å². The number of rotatable bonds is 9. The van der Waals surface area contributed by atoms with E-state index in [0.29, 0.717) is 6.04 Å². The molecule has 0 aliphatic heterocycles. The van der Waals surface area contributed by atoms with Gasteiger partial charge in [0, 0.05) is 26.7 Å². The van der Waals surface area contributed by atoms with E-state index in [2.05, 4.69) is 34.3 Å². The maximum Gasteiger partial charge on any atom is 0.205 e. The first-order valence-electron chi connectivity index (χ1n) is 6.48. The highest BCUT2D eigenvalue weighted by Crippen LogP contribution is 2.19. The topological polar surface area (TPSA) is 50.3 Å². The zero-order valence-corrected chi connectivity index (χ0v) is 12.6. The van der Waals surface area contributed by atoms with Gasteiger partial charge in [0.15, 0.2) is 0 Å². The van der Waals surface area contributed by atoms with Gasteiger partial charge in [-0.3, -0.25) is 4.90 Å². The third-order valence-electron chi connectivity index (χ3n) is 3.06. The summed E-state index contributed by atoms with van der Waals surface area (Å²) in [6.45, 7) is 7.01. The summed E-state index contributed by atoms with van der Waals surface area (Å²) >= 11 is 1.62. The summed E-state index contributed by atoms with van der Waals surface area (Å²) in [4.78, 5) is 2.43. The molecule has 1 heterocycles. The minimum atomic E-state index is 0.585. The number of aromatic nitrogens is 2. The second kappa shape index (κ2) is 8.39. The summed E-state index contributed by atoms with van der Waals surface area (Å²) in [5, 5.41) is 13.2. The van der Waals surface area contributed by atoms with Gasteiger partial charge in [0.1, 0.15) is 5.01 Å². The molecule has 0 aromatic carbocycles. The van der Waals surface area contributed by atoms with Crippen LogP contribution in [-0.4, -0.2) is 48.4 Å². The summed E-state index contributed by atoms with van der Waals surface area (Å²) in [7, 11) is 3.61. The van der Waals surface area contributed by atoms with Gasteiger partial charge in [0.25, 0.3) is 0 Å². The van der Waals surface area contributed by atoms with Crippen molar-refractivity contribution >= 4 is 16.5 Å². The molecule has 6 heteroatoms. The predicted octanol–water partition coefficient (Wildman–Crippen LogP) is 2.22. The highest BCUT2D eigenvalue weighted by molar-refractivity contribution is 7.15. The van der Waals surface area contributed by atoms with E-state index in [-0.39, 0.29) is 0 Å². The fourth-order valence-corrected chi connectivity index (χ4v) is 2.72. The fourth-order valence-electron chi connectivity index (χ4n) is 2.00. The minimum Gasteiger partial charge on any atom is -0.383 e. The highest BCUT2D eigenvalue weighted by Gasteiger charge is 2.17. The van der Waals surface area contributed by atoms with Gasteiger partial charge in [0.2, 0.25) is 5.13 Å². The van der Waals surface area contributed by atoms with E-state index in [1.807, 2.05) is 7.05 Å². The molecular weight excluding hydrogens is 248 g/mol. The lowest BCUT2D eigenvalue weighted by molar-refractivity contribution is 0.110. The third kappa shape index (κ3) is 4.51. The van der Waals surface area contributed by atoms with Gasteiger partial charge in [0.05, 0.1) is 13.2 Å².